The summed E-state index contributed by atoms with van der Waals surface area (Å²) in [6.07, 6.45) is 0. The van der Waals surface area contributed by atoms with Crippen molar-refractivity contribution in [2.75, 3.05) is 5.32 Å². The van der Waals surface area contributed by atoms with Gasteiger partial charge >= 0.3 is 0 Å². The molecule has 1 N–H and O–H groups in total. The van der Waals surface area contributed by atoms with Gasteiger partial charge in [0.2, 0.25) is 5.91 Å². The van der Waals surface area contributed by atoms with Gasteiger partial charge in [0.05, 0.1) is 11.4 Å². The van der Waals surface area contributed by atoms with Crippen LogP contribution in [0.2, 0.25) is 5.02 Å². The SMILES string of the molecule is CC(C(=O)Nc1ccccc1F)S(=O)(=O)Cc1c(F)cccc1Cl. The van der Waals surface area contributed by atoms with Crippen LogP contribution < -0.4 is 5.32 Å². The van der Waals surface area contributed by atoms with Crippen LogP contribution in [0.5, 0.6) is 0 Å². The van der Waals surface area contributed by atoms with E-state index in [2.05, 4.69) is 5.32 Å². The van der Waals surface area contributed by atoms with Crippen molar-refractivity contribution in [1.29, 1.82) is 0 Å². The van der Waals surface area contributed by atoms with Crippen molar-refractivity contribution in [1.82, 2.24) is 0 Å². The summed E-state index contributed by atoms with van der Waals surface area (Å²) in [5.74, 6) is -3.10. The van der Waals surface area contributed by atoms with Crippen molar-refractivity contribution in [2.24, 2.45) is 0 Å². The number of halogens is 3. The van der Waals surface area contributed by atoms with E-state index in [4.69, 9.17) is 11.6 Å². The monoisotopic (exact) mass is 373 g/mol. The van der Waals surface area contributed by atoms with Crippen LogP contribution in [-0.4, -0.2) is 19.6 Å². The van der Waals surface area contributed by atoms with Gasteiger partial charge in [-0.05, 0) is 31.2 Å². The fourth-order valence-electron chi connectivity index (χ4n) is 1.96. The first-order valence-corrected chi connectivity index (χ1v) is 9.01. The Kier molecular flexibility index (Phi) is 5.56. The molecule has 0 saturated carbocycles. The molecule has 4 nitrogen and oxygen atoms in total. The van der Waals surface area contributed by atoms with Crippen LogP contribution in [0.3, 0.4) is 0 Å². The summed E-state index contributed by atoms with van der Waals surface area (Å²) >= 11 is 5.82. The van der Waals surface area contributed by atoms with Crippen molar-refractivity contribution in [3.63, 3.8) is 0 Å². The van der Waals surface area contributed by atoms with Gasteiger partial charge in [0.1, 0.15) is 16.9 Å². The fourth-order valence-corrected chi connectivity index (χ4v) is 3.60. The van der Waals surface area contributed by atoms with Gasteiger partial charge in [-0.3, -0.25) is 4.79 Å². The summed E-state index contributed by atoms with van der Waals surface area (Å²) in [5.41, 5.74) is -0.335. The molecule has 128 valence electrons. The van der Waals surface area contributed by atoms with E-state index >= 15 is 0 Å². The number of amides is 1. The predicted molar refractivity (Wildman–Crippen MR) is 88.5 cm³/mol. The molecule has 24 heavy (non-hydrogen) atoms. The van der Waals surface area contributed by atoms with E-state index in [1.165, 1.54) is 30.3 Å². The number of benzene rings is 2. The molecule has 0 bridgehead atoms. The van der Waals surface area contributed by atoms with Gasteiger partial charge in [0, 0.05) is 10.6 Å². The maximum atomic E-state index is 13.7. The van der Waals surface area contributed by atoms with Gasteiger partial charge in [-0.25, -0.2) is 17.2 Å². The number of anilines is 1. The topological polar surface area (TPSA) is 63.2 Å². The van der Waals surface area contributed by atoms with E-state index < -0.39 is 38.4 Å². The number of nitrogens with one attached hydrogen (secondary N) is 1. The first kappa shape index (κ1) is 18.4. The summed E-state index contributed by atoms with van der Waals surface area (Å²) in [6.45, 7) is 1.15. The third-order valence-electron chi connectivity index (χ3n) is 3.45. The minimum atomic E-state index is -4.05. The lowest BCUT2D eigenvalue weighted by atomic mass is 10.2. The Balaban J connectivity index is 2.20. The fraction of sp³-hybridized carbons (Fsp3) is 0.188. The van der Waals surface area contributed by atoms with Crippen molar-refractivity contribution < 1.29 is 22.0 Å². The van der Waals surface area contributed by atoms with Crippen LogP contribution in [0.15, 0.2) is 42.5 Å². The van der Waals surface area contributed by atoms with Crippen molar-refractivity contribution in [3.8, 4) is 0 Å². The lowest BCUT2D eigenvalue weighted by Crippen LogP contribution is -2.33. The molecule has 0 fully saturated rings. The molecule has 2 aromatic rings. The van der Waals surface area contributed by atoms with Gasteiger partial charge in [0.15, 0.2) is 9.84 Å². The van der Waals surface area contributed by atoms with Crippen LogP contribution in [0, 0.1) is 11.6 Å². The molecule has 0 aromatic heterocycles. The molecule has 1 atom stereocenters. The number of carbonyl (C=O) groups excluding carboxylic acids is 1. The Morgan fingerprint density at radius 3 is 2.38 bits per heavy atom. The average molecular weight is 374 g/mol. The third-order valence-corrected chi connectivity index (χ3v) is 5.78. The molecule has 2 aromatic carbocycles. The highest BCUT2D eigenvalue weighted by Crippen LogP contribution is 2.23. The summed E-state index contributed by atoms with van der Waals surface area (Å²) in [5, 5.41) is 0.663. The van der Waals surface area contributed by atoms with E-state index in [1.807, 2.05) is 0 Å². The number of hydrogen-bond donors (Lipinski definition) is 1. The lowest BCUT2D eigenvalue weighted by Gasteiger charge is -2.14. The molecule has 0 saturated heterocycles. The van der Waals surface area contributed by atoms with E-state index in [1.54, 1.807) is 0 Å². The second kappa shape index (κ2) is 7.27. The van der Waals surface area contributed by atoms with Gasteiger partial charge in [0.25, 0.3) is 0 Å². The highest BCUT2D eigenvalue weighted by Gasteiger charge is 2.30. The molecule has 2 rings (SSSR count). The maximum absolute atomic E-state index is 13.7. The molecule has 0 aliphatic carbocycles. The molecule has 1 unspecified atom stereocenters. The molecular formula is C16H14ClF2NO3S. The van der Waals surface area contributed by atoms with Crippen molar-refractivity contribution >= 4 is 33.0 Å². The Bertz CT molecular complexity index is 851. The third kappa shape index (κ3) is 4.10. The zero-order valence-electron chi connectivity index (χ0n) is 12.6. The molecule has 1 amide bonds. The zero-order chi connectivity index (χ0) is 17.9. The Morgan fingerprint density at radius 2 is 1.75 bits per heavy atom. The number of sulfone groups is 1. The molecule has 0 spiro atoms. The first-order chi connectivity index (χ1) is 11.2. The van der Waals surface area contributed by atoms with Gasteiger partial charge in [-0.2, -0.15) is 0 Å². The van der Waals surface area contributed by atoms with Crippen LogP contribution >= 0.6 is 11.6 Å². The van der Waals surface area contributed by atoms with E-state index in [0.29, 0.717) is 0 Å². The van der Waals surface area contributed by atoms with Crippen molar-refractivity contribution in [2.45, 2.75) is 17.9 Å². The van der Waals surface area contributed by atoms with E-state index in [0.717, 1.165) is 19.1 Å². The average Bonchev–Trinajstić information content (AvgIpc) is 2.52. The van der Waals surface area contributed by atoms with Crippen LogP contribution in [-0.2, 0) is 20.4 Å². The Hall–Kier alpha value is -1.99. The molecule has 0 aliphatic rings. The lowest BCUT2D eigenvalue weighted by molar-refractivity contribution is -0.115. The molecule has 8 heteroatoms. The minimum absolute atomic E-state index is 0.0414. The highest BCUT2D eigenvalue weighted by molar-refractivity contribution is 7.92. The summed E-state index contributed by atoms with van der Waals surface area (Å²) in [4.78, 5) is 12.1. The van der Waals surface area contributed by atoms with Crippen LogP contribution in [0.1, 0.15) is 12.5 Å². The second-order valence-corrected chi connectivity index (χ2v) is 7.85. The smallest absolute Gasteiger partial charge is 0.242 e. The number of para-hydroxylation sites is 1. The molecule has 0 aliphatic heterocycles. The predicted octanol–water partition coefficient (Wildman–Crippen LogP) is 3.56. The summed E-state index contributed by atoms with van der Waals surface area (Å²) in [6, 6.07) is 9.17. The minimum Gasteiger partial charge on any atom is -0.322 e. The largest absolute Gasteiger partial charge is 0.322 e. The van der Waals surface area contributed by atoms with E-state index in [-0.39, 0.29) is 16.3 Å². The number of hydrogen-bond acceptors (Lipinski definition) is 3. The molecular weight excluding hydrogens is 360 g/mol. The number of rotatable bonds is 5. The second-order valence-electron chi connectivity index (χ2n) is 5.12. The Labute approximate surface area is 143 Å². The quantitative estimate of drug-likeness (QED) is 0.871. The van der Waals surface area contributed by atoms with Gasteiger partial charge in [-0.15, -0.1) is 0 Å². The van der Waals surface area contributed by atoms with Crippen LogP contribution in [0.25, 0.3) is 0 Å². The highest BCUT2D eigenvalue weighted by atomic mass is 35.5. The first-order valence-electron chi connectivity index (χ1n) is 6.92. The standard InChI is InChI=1S/C16H14ClF2NO3S/c1-10(16(21)20-15-8-3-2-6-14(15)19)24(22,23)9-11-12(17)5-4-7-13(11)18/h2-8,10H,9H2,1H3,(H,20,21). The van der Waals surface area contributed by atoms with Crippen molar-refractivity contribution in [3.05, 3.63) is 64.7 Å². The Morgan fingerprint density at radius 1 is 1.12 bits per heavy atom. The summed E-state index contributed by atoms with van der Waals surface area (Å²) in [7, 11) is -4.05. The normalized spacial score (nSPS) is 12.7. The van der Waals surface area contributed by atoms with Gasteiger partial charge < -0.3 is 5.32 Å². The molecule has 0 radical (unpaired) electrons. The zero-order valence-corrected chi connectivity index (χ0v) is 14.2. The van der Waals surface area contributed by atoms with Crippen LogP contribution in [0.4, 0.5) is 14.5 Å². The number of carbonyl (C=O) groups is 1. The van der Waals surface area contributed by atoms with Gasteiger partial charge in [-0.1, -0.05) is 29.8 Å². The van der Waals surface area contributed by atoms with E-state index in [9.17, 15) is 22.0 Å². The maximum Gasteiger partial charge on any atom is 0.242 e. The summed E-state index contributed by atoms with van der Waals surface area (Å²) < 4.78 is 52.0. The molecule has 0 heterocycles.